The molecular formula is C19H21F3N2O3S. The normalized spacial score (nSPS) is 27.6. The summed E-state index contributed by atoms with van der Waals surface area (Å²) in [5.74, 6) is -0.526. The fraction of sp³-hybridized carbons (Fsp3) is 0.579. The highest BCUT2D eigenvalue weighted by Crippen LogP contribution is 2.41. The first-order valence-electron chi connectivity index (χ1n) is 9.43. The summed E-state index contributed by atoms with van der Waals surface area (Å²) in [6.45, 7) is 1.02. The van der Waals surface area contributed by atoms with Gasteiger partial charge in [0.1, 0.15) is 0 Å². The molecule has 1 aliphatic carbocycles. The Morgan fingerprint density at radius 2 is 2.07 bits per heavy atom. The Hall–Kier alpha value is -1.74. The van der Waals surface area contributed by atoms with Gasteiger partial charge in [0.2, 0.25) is 11.8 Å². The first-order valence-corrected chi connectivity index (χ1v) is 10.3. The molecule has 2 aliphatic heterocycles. The van der Waals surface area contributed by atoms with E-state index in [-0.39, 0.29) is 30.2 Å². The molecule has 1 aromatic rings. The Bertz CT molecular complexity index is 784. The minimum atomic E-state index is -4.47. The van der Waals surface area contributed by atoms with E-state index in [0.29, 0.717) is 18.0 Å². The minimum absolute atomic E-state index is 0.0280. The second kappa shape index (κ2) is 7.59. The van der Waals surface area contributed by atoms with Crippen molar-refractivity contribution >= 4 is 29.3 Å². The maximum atomic E-state index is 12.9. The van der Waals surface area contributed by atoms with Gasteiger partial charge in [-0.15, -0.1) is 11.8 Å². The Balaban J connectivity index is 1.45. The lowest BCUT2D eigenvalue weighted by molar-refractivity contribution is -0.150. The van der Waals surface area contributed by atoms with Gasteiger partial charge in [-0.05, 0) is 31.0 Å². The molecule has 3 aliphatic rings. The average Bonchev–Trinajstić information content (AvgIpc) is 2.67. The zero-order valence-electron chi connectivity index (χ0n) is 15.1. The van der Waals surface area contributed by atoms with Crippen molar-refractivity contribution in [2.24, 2.45) is 0 Å². The van der Waals surface area contributed by atoms with Crippen molar-refractivity contribution in [2.45, 2.75) is 60.6 Å². The van der Waals surface area contributed by atoms with Crippen LogP contribution in [0.5, 0.6) is 0 Å². The molecule has 3 unspecified atom stereocenters. The summed E-state index contributed by atoms with van der Waals surface area (Å²) in [5.41, 5.74) is -0.662. The molecule has 1 aromatic carbocycles. The number of nitrogens with zero attached hydrogens (tertiary/aromatic N) is 1. The van der Waals surface area contributed by atoms with Crippen LogP contribution in [0.25, 0.3) is 0 Å². The monoisotopic (exact) mass is 414 g/mol. The van der Waals surface area contributed by atoms with Crippen LogP contribution >= 0.6 is 11.8 Å². The largest absolute Gasteiger partial charge is 0.416 e. The van der Waals surface area contributed by atoms with Gasteiger partial charge in [0, 0.05) is 17.9 Å². The van der Waals surface area contributed by atoms with Crippen LogP contribution in [-0.4, -0.2) is 47.3 Å². The van der Waals surface area contributed by atoms with Gasteiger partial charge in [-0.1, -0.05) is 12.8 Å². The predicted octanol–water partition coefficient (Wildman–Crippen LogP) is 3.68. The van der Waals surface area contributed by atoms with E-state index in [0.717, 1.165) is 49.6 Å². The van der Waals surface area contributed by atoms with Crippen molar-refractivity contribution in [2.75, 3.05) is 18.5 Å². The third-order valence-electron chi connectivity index (χ3n) is 5.54. The molecule has 4 rings (SSSR count). The van der Waals surface area contributed by atoms with Gasteiger partial charge >= 0.3 is 6.18 Å². The lowest BCUT2D eigenvalue weighted by Crippen LogP contribution is -2.55. The van der Waals surface area contributed by atoms with Gasteiger partial charge in [0.25, 0.3) is 0 Å². The number of nitrogens with one attached hydrogen (secondary N) is 1. The molecule has 2 heterocycles. The number of morpholine rings is 1. The van der Waals surface area contributed by atoms with Crippen molar-refractivity contribution < 1.29 is 27.5 Å². The van der Waals surface area contributed by atoms with E-state index in [1.165, 1.54) is 6.07 Å². The number of anilines is 1. The maximum Gasteiger partial charge on any atom is 0.416 e. The number of hydrogen-bond acceptors (Lipinski definition) is 4. The zero-order chi connectivity index (χ0) is 19.9. The first kappa shape index (κ1) is 19.6. The summed E-state index contributed by atoms with van der Waals surface area (Å²) in [6, 6.07) is 3.35. The van der Waals surface area contributed by atoms with Crippen molar-refractivity contribution in [3.63, 3.8) is 0 Å². The third kappa shape index (κ3) is 3.87. The predicted molar refractivity (Wildman–Crippen MR) is 98.0 cm³/mol. The Labute approximate surface area is 165 Å². The fourth-order valence-corrected chi connectivity index (χ4v) is 5.23. The van der Waals surface area contributed by atoms with Crippen molar-refractivity contribution in [1.29, 1.82) is 0 Å². The molecule has 9 heteroatoms. The SMILES string of the molecule is O=C1Nc2cc(C(F)(F)F)ccc2SC1CC(=O)N1CCOC2CCCCC21. The van der Waals surface area contributed by atoms with Gasteiger partial charge in [-0.3, -0.25) is 9.59 Å². The summed E-state index contributed by atoms with van der Waals surface area (Å²) in [7, 11) is 0. The molecule has 1 saturated heterocycles. The van der Waals surface area contributed by atoms with Crippen LogP contribution in [0, 0.1) is 0 Å². The smallest absolute Gasteiger partial charge is 0.374 e. The van der Waals surface area contributed by atoms with E-state index < -0.39 is 22.9 Å². The molecule has 1 N–H and O–H groups in total. The van der Waals surface area contributed by atoms with Crippen LogP contribution in [-0.2, 0) is 20.5 Å². The highest BCUT2D eigenvalue weighted by molar-refractivity contribution is 8.01. The molecule has 28 heavy (non-hydrogen) atoms. The molecule has 0 aromatic heterocycles. The van der Waals surface area contributed by atoms with E-state index in [1.54, 1.807) is 0 Å². The number of hydrogen-bond donors (Lipinski definition) is 1. The summed E-state index contributed by atoms with van der Waals surface area (Å²) < 4.78 is 44.4. The fourth-order valence-electron chi connectivity index (χ4n) is 4.14. The van der Waals surface area contributed by atoms with Crippen molar-refractivity contribution in [3.8, 4) is 0 Å². The third-order valence-corrected chi connectivity index (χ3v) is 6.81. The summed E-state index contributed by atoms with van der Waals surface area (Å²) in [6.07, 6.45) is -0.362. The number of carbonyl (C=O) groups is 2. The quantitative estimate of drug-likeness (QED) is 0.802. The zero-order valence-corrected chi connectivity index (χ0v) is 15.9. The highest BCUT2D eigenvalue weighted by Gasteiger charge is 2.39. The second-order valence-electron chi connectivity index (χ2n) is 7.36. The molecule has 2 amide bonds. The second-order valence-corrected chi connectivity index (χ2v) is 8.60. The summed E-state index contributed by atoms with van der Waals surface area (Å²) in [5, 5.41) is 1.88. The summed E-state index contributed by atoms with van der Waals surface area (Å²) in [4.78, 5) is 27.7. The molecule has 1 saturated carbocycles. The number of thioether (sulfide) groups is 1. The molecule has 152 valence electrons. The molecule has 5 nitrogen and oxygen atoms in total. The Morgan fingerprint density at radius 3 is 2.86 bits per heavy atom. The number of fused-ring (bicyclic) bond motifs is 2. The standard InChI is InChI=1S/C19H21F3N2O3S/c20-19(21,22)11-5-6-15-12(9-11)23-18(26)16(28-15)10-17(25)24-7-8-27-14-4-2-1-3-13(14)24/h5-6,9,13-14,16H,1-4,7-8,10H2,(H,23,26). The van der Waals surface area contributed by atoms with Crippen LogP contribution in [0.4, 0.5) is 18.9 Å². The number of alkyl halides is 3. The Morgan fingerprint density at radius 1 is 1.29 bits per heavy atom. The van der Waals surface area contributed by atoms with Crippen LogP contribution in [0.1, 0.15) is 37.7 Å². The van der Waals surface area contributed by atoms with Crippen LogP contribution in [0.2, 0.25) is 0 Å². The number of ether oxygens (including phenoxy) is 1. The van der Waals surface area contributed by atoms with E-state index >= 15 is 0 Å². The van der Waals surface area contributed by atoms with Crippen LogP contribution < -0.4 is 5.32 Å². The van der Waals surface area contributed by atoms with Gasteiger partial charge in [-0.2, -0.15) is 13.2 Å². The molecule has 0 spiro atoms. The Kier molecular flexibility index (Phi) is 5.30. The summed E-state index contributed by atoms with van der Waals surface area (Å²) >= 11 is 1.15. The highest BCUT2D eigenvalue weighted by atomic mass is 32.2. The minimum Gasteiger partial charge on any atom is -0.374 e. The van der Waals surface area contributed by atoms with Gasteiger partial charge in [-0.25, -0.2) is 0 Å². The number of halogens is 3. The van der Waals surface area contributed by atoms with Gasteiger partial charge in [0.15, 0.2) is 0 Å². The number of benzene rings is 1. The van der Waals surface area contributed by atoms with Crippen molar-refractivity contribution in [1.82, 2.24) is 4.90 Å². The number of carbonyl (C=O) groups excluding carboxylic acids is 2. The number of amides is 2. The van der Waals surface area contributed by atoms with Crippen molar-refractivity contribution in [3.05, 3.63) is 23.8 Å². The average molecular weight is 414 g/mol. The van der Waals surface area contributed by atoms with Gasteiger partial charge in [0.05, 0.1) is 35.3 Å². The van der Waals surface area contributed by atoms with Gasteiger partial charge < -0.3 is 15.0 Å². The lowest BCUT2D eigenvalue weighted by Gasteiger charge is -2.44. The van der Waals surface area contributed by atoms with E-state index in [1.807, 2.05) is 4.90 Å². The molecule has 0 radical (unpaired) electrons. The van der Waals surface area contributed by atoms with E-state index in [9.17, 15) is 22.8 Å². The molecule has 3 atom stereocenters. The molecule has 0 bridgehead atoms. The van der Waals surface area contributed by atoms with Crippen LogP contribution in [0.15, 0.2) is 23.1 Å². The molecule has 2 fully saturated rings. The topological polar surface area (TPSA) is 58.6 Å². The lowest BCUT2D eigenvalue weighted by atomic mass is 9.90. The molecular weight excluding hydrogens is 393 g/mol. The number of rotatable bonds is 2. The first-order chi connectivity index (χ1) is 13.3. The maximum absolute atomic E-state index is 12.9. The van der Waals surface area contributed by atoms with E-state index in [4.69, 9.17) is 4.74 Å². The van der Waals surface area contributed by atoms with E-state index in [2.05, 4.69) is 5.32 Å². The van der Waals surface area contributed by atoms with Crippen LogP contribution in [0.3, 0.4) is 0 Å².